The highest BCUT2D eigenvalue weighted by Crippen LogP contribution is 2.23. The minimum Gasteiger partial charge on any atom is -0.207 e. The van der Waals surface area contributed by atoms with E-state index in [1.807, 2.05) is 0 Å². The molecule has 6 heteroatoms. The van der Waals surface area contributed by atoms with Crippen LogP contribution in [0.15, 0.2) is 23.1 Å². The molecule has 0 unspecified atom stereocenters. The highest BCUT2D eigenvalue weighted by atomic mass is 32.2. The van der Waals surface area contributed by atoms with Gasteiger partial charge in [0.25, 0.3) is 0 Å². The van der Waals surface area contributed by atoms with Gasteiger partial charge < -0.3 is 0 Å². The van der Waals surface area contributed by atoms with Crippen LogP contribution in [0, 0.1) is 12.7 Å². The number of nitrogens with zero attached hydrogens (tertiary/aromatic N) is 1. The van der Waals surface area contributed by atoms with E-state index in [0.29, 0.717) is 18.7 Å². The summed E-state index contributed by atoms with van der Waals surface area (Å²) in [5.41, 5.74) is 0.461. The second kappa shape index (κ2) is 4.96. The molecule has 1 aromatic rings. The molecule has 0 aliphatic carbocycles. The molecule has 1 aliphatic rings. The number of rotatable bonds is 2. The lowest BCUT2D eigenvalue weighted by atomic mass is 10.2. The standard InChI is InChI=1S/C11H14FNO2S2/c1-9-8-10(12)2-3-11(9)17(14,15)13-4-6-16-7-5-13/h2-3,8H,4-7H2,1H3. The van der Waals surface area contributed by atoms with Crippen molar-refractivity contribution in [3.8, 4) is 0 Å². The molecule has 1 saturated heterocycles. The van der Waals surface area contributed by atoms with Crippen LogP contribution in [0.2, 0.25) is 0 Å². The van der Waals surface area contributed by atoms with Crippen molar-refractivity contribution in [1.82, 2.24) is 4.31 Å². The number of hydrogen-bond acceptors (Lipinski definition) is 3. The Kier molecular flexibility index (Phi) is 3.75. The highest BCUT2D eigenvalue weighted by molar-refractivity contribution is 7.99. The molecule has 2 rings (SSSR count). The number of sulfonamides is 1. The maximum absolute atomic E-state index is 13.0. The van der Waals surface area contributed by atoms with E-state index in [2.05, 4.69) is 0 Å². The summed E-state index contributed by atoms with van der Waals surface area (Å²) in [6.45, 7) is 2.68. The van der Waals surface area contributed by atoms with Crippen LogP contribution in [0.5, 0.6) is 0 Å². The van der Waals surface area contributed by atoms with Gasteiger partial charge in [-0.15, -0.1) is 0 Å². The molecule has 1 heterocycles. The van der Waals surface area contributed by atoms with Gasteiger partial charge in [-0.2, -0.15) is 16.1 Å². The molecule has 0 saturated carbocycles. The van der Waals surface area contributed by atoms with E-state index in [4.69, 9.17) is 0 Å². The lowest BCUT2D eigenvalue weighted by Gasteiger charge is -2.26. The van der Waals surface area contributed by atoms with Gasteiger partial charge in [-0.25, -0.2) is 12.8 Å². The maximum Gasteiger partial charge on any atom is 0.243 e. The second-order valence-corrected chi connectivity index (χ2v) is 7.06. The van der Waals surface area contributed by atoms with Crippen molar-refractivity contribution in [3.63, 3.8) is 0 Å². The summed E-state index contributed by atoms with van der Waals surface area (Å²) in [5.74, 6) is 1.23. The zero-order valence-corrected chi connectivity index (χ0v) is 11.2. The largest absolute Gasteiger partial charge is 0.243 e. The number of benzene rings is 1. The van der Waals surface area contributed by atoms with Crippen molar-refractivity contribution in [2.24, 2.45) is 0 Å². The summed E-state index contributed by atoms with van der Waals surface area (Å²) in [5, 5.41) is 0. The van der Waals surface area contributed by atoms with Gasteiger partial charge in [0.1, 0.15) is 5.82 Å². The summed E-state index contributed by atoms with van der Waals surface area (Å²) < 4.78 is 39.1. The highest BCUT2D eigenvalue weighted by Gasteiger charge is 2.27. The first-order chi connectivity index (χ1) is 8.01. The predicted molar refractivity (Wildman–Crippen MR) is 67.2 cm³/mol. The zero-order chi connectivity index (χ0) is 12.5. The van der Waals surface area contributed by atoms with Gasteiger partial charge in [0.15, 0.2) is 0 Å². The minimum absolute atomic E-state index is 0.214. The molecule has 0 spiro atoms. The predicted octanol–water partition coefficient (Wildman–Crippen LogP) is 1.87. The number of halogens is 1. The Morgan fingerprint density at radius 3 is 2.53 bits per heavy atom. The van der Waals surface area contributed by atoms with Crippen LogP contribution >= 0.6 is 11.8 Å². The van der Waals surface area contributed by atoms with Gasteiger partial charge in [0.05, 0.1) is 4.90 Å². The molecule has 0 bridgehead atoms. The summed E-state index contributed by atoms with van der Waals surface area (Å²) in [4.78, 5) is 0.214. The zero-order valence-electron chi connectivity index (χ0n) is 9.52. The molecule has 1 fully saturated rings. The first kappa shape index (κ1) is 12.9. The number of aryl methyl sites for hydroxylation is 1. The molecule has 0 N–H and O–H groups in total. The average Bonchev–Trinajstić information content (AvgIpc) is 2.29. The van der Waals surface area contributed by atoms with Gasteiger partial charge in [-0.1, -0.05) is 0 Å². The quantitative estimate of drug-likeness (QED) is 0.827. The maximum atomic E-state index is 13.0. The third kappa shape index (κ3) is 2.64. The van der Waals surface area contributed by atoms with E-state index in [9.17, 15) is 12.8 Å². The van der Waals surface area contributed by atoms with E-state index < -0.39 is 15.8 Å². The number of hydrogen-bond donors (Lipinski definition) is 0. The van der Waals surface area contributed by atoms with Crippen LogP contribution in [-0.4, -0.2) is 37.3 Å². The van der Waals surface area contributed by atoms with E-state index in [1.165, 1.54) is 22.5 Å². The van der Waals surface area contributed by atoms with Crippen molar-refractivity contribution in [2.75, 3.05) is 24.6 Å². The molecule has 3 nitrogen and oxygen atoms in total. The van der Waals surface area contributed by atoms with Crippen LogP contribution in [-0.2, 0) is 10.0 Å². The molecule has 17 heavy (non-hydrogen) atoms. The monoisotopic (exact) mass is 275 g/mol. The average molecular weight is 275 g/mol. The molecule has 94 valence electrons. The van der Waals surface area contributed by atoms with Crippen molar-refractivity contribution in [2.45, 2.75) is 11.8 Å². The van der Waals surface area contributed by atoms with Gasteiger partial charge in [0, 0.05) is 24.6 Å². The van der Waals surface area contributed by atoms with Crippen molar-refractivity contribution >= 4 is 21.8 Å². The van der Waals surface area contributed by atoms with Gasteiger partial charge in [0.2, 0.25) is 10.0 Å². The Morgan fingerprint density at radius 1 is 1.29 bits per heavy atom. The van der Waals surface area contributed by atoms with Crippen LogP contribution in [0.4, 0.5) is 4.39 Å². The third-order valence-corrected chi connectivity index (χ3v) is 5.73. The lowest BCUT2D eigenvalue weighted by Crippen LogP contribution is -2.38. The second-order valence-electron chi connectivity index (χ2n) is 3.93. The van der Waals surface area contributed by atoms with Gasteiger partial charge in [-0.3, -0.25) is 0 Å². The van der Waals surface area contributed by atoms with Crippen LogP contribution in [0.25, 0.3) is 0 Å². The van der Waals surface area contributed by atoms with Crippen molar-refractivity contribution < 1.29 is 12.8 Å². The molecule has 0 radical (unpaired) electrons. The Bertz CT molecular complexity index is 510. The van der Waals surface area contributed by atoms with Crippen molar-refractivity contribution in [1.29, 1.82) is 0 Å². The van der Waals surface area contributed by atoms with Gasteiger partial charge in [-0.05, 0) is 30.7 Å². The fourth-order valence-electron chi connectivity index (χ4n) is 1.83. The summed E-state index contributed by atoms with van der Waals surface area (Å²) in [6.07, 6.45) is 0. The SMILES string of the molecule is Cc1cc(F)ccc1S(=O)(=O)N1CCSCC1. The molecule has 0 atom stereocenters. The topological polar surface area (TPSA) is 37.4 Å². The van der Waals surface area contributed by atoms with E-state index in [0.717, 1.165) is 11.5 Å². The lowest BCUT2D eigenvalue weighted by molar-refractivity contribution is 0.443. The fraction of sp³-hybridized carbons (Fsp3) is 0.455. The van der Waals surface area contributed by atoms with Crippen LogP contribution < -0.4 is 0 Å². The smallest absolute Gasteiger partial charge is 0.207 e. The number of thioether (sulfide) groups is 1. The Balaban J connectivity index is 2.37. The first-order valence-corrected chi connectivity index (χ1v) is 7.95. The molecule has 1 aliphatic heterocycles. The minimum atomic E-state index is -3.46. The molecular formula is C11H14FNO2S2. The molecule has 0 amide bonds. The van der Waals surface area contributed by atoms with Crippen LogP contribution in [0.1, 0.15) is 5.56 Å². The molecule has 0 aromatic heterocycles. The van der Waals surface area contributed by atoms with E-state index >= 15 is 0 Å². The van der Waals surface area contributed by atoms with Crippen molar-refractivity contribution in [3.05, 3.63) is 29.6 Å². The van der Waals surface area contributed by atoms with E-state index in [1.54, 1.807) is 18.7 Å². The molecule has 1 aromatic carbocycles. The van der Waals surface area contributed by atoms with Gasteiger partial charge >= 0.3 is 0 Å². The third-order valence-electron chi connectivity index (χ3n) is 2.72. The first-order valence-electron chi connectivity index (χ1n) is 5.36. The molecular weight excluding hydrogens is 261 g/mol. The summed E-state index contributed by atoms with van der Waals surface area (Å²) >= 11 is 1.75. The normalized spacial score (nSPS) is 18.2. The Labute approximate surface area is 105 Å². The van der Waals surface area contributed by atoms with E-state index in [-0.39, 0.29) is 4.90 Å². The Morgan fingerprint density at radius 2 is 1.94 bits per heavy atom. The fourth-order valence-corrected chi connectivity index (χ4v) is 4.61. The summed E-state index contributed by atoms with van der Waals surface area (Å²) in [6, 6.07) is 3.80. The van der Waals surface area contributed by atoms with Crippen LogP contribution in [0.3, 0.4) is 0 Å². The Hall–Kier alpha value is -0.590. The summed E-state index contributed by atoms with van der Waals surface area (Å²) in [7, 11) is -3.46.